The molecule has 0 aliphatic carbocycles. The van der Waals surface area contributed by atoms with Crippen LogP contribution in [-0.2, 0) is 9.53 Å². The van der Waals surface area contributed by atoms with Gasteiger partial charge >= 0.3 is 0 Å². The molecule has 1 atom stereocenters. The Balaban J connectivity index is 2.27. The molecule has 0 aromatic carbocycles. The minimum atomic E-state index is 0.0868. The number of nitrogens with one attached hydrogen (secondary N) is 1. The lowest BCUT2D eigenvalue weighted by atomic mass is 10.4. The van der Waals surface area contributed by atoms with E-state index in [-0.39, 0.29) is 6.23 Å². The number of carbonyl (C=O) groups is 1. The Kier molecular flexibility index (Phi) is 3.48. The van der Waals surface area contributed by atoms with Crippen molar-refractivity contribution in [1.29, 1.82) is 0 Å². The Morgan fingerprint density at radius 3 is 3.27 bits per heavy atom. The molecule has 11 heavy (non-hydrogen) atoms. The Morgan fingerprint density at radius 2 is 2.64 bits per heavy atom. The highest BCUT2D eigenvalue weighted by atomic mass is 16.5. The number of likely N-dealkylation sites (N-methyl/N-ethyl adjacent to an activating group) is 1. The molecule has 0 bridgehead atoms. The molecule has 64 valence electrons. The smallest absolute Gasteiger partial charge is 0.133 e. The highest BCUT2D eigenvalue weighted by molar-refractivity contribution is 5.51. The van der Waals surface area contributed by atoms with Crippen LogP contribution in [0.2, 0.25) is 0 Å². The average Bonchev–Trinajstić information content (AvgIpc) is 2.06. The number of aldehydes is 1. The van der Waals surface area contributed by atoms with Crippen molar-refractivity contribution in [2.75, 3.05) is 33.3 Å². The van der Waals surface area contributed by atoms with Crippen molar-refractivity contribution in [2.45, 2.75) is 6.23 Å². The van der Waals surface area contributed by atoms with Gasteiger partial charge in [0, 0.05) is 13.1 Å². The van der Waals surface area contributed by atoms with Gasteiger partial charge in [-0.2, -0.15) is 0 Å². The van der Waals surface area contributed by atoms with E-state index in [0.29, 0.717) is 13.2 Å². The summed E-state index contributed by atoms with van der Waals surface area (Å²) in [7, 11) is 1.86. The predicted molar refractivity (Wildman–Crippen MR) is 41.3 cm³/mol. The van der Waals surface area contributed by atoms with Crippen LogP contribution in [0.1, 0.15) is 0 Å². The first-order valence-corrected chi connectivity index (χ1v) is 3.81. The highest BCUT2D eigenvalue weighted by Gasteiger charge is 2.17. The number of morpholine rings is 1. The average molecular weight is 158 g/mol. The van der Waals surface area contributed by atoms with Gasteiger partial charge in [0.2, 0.25) is 0 Å². The van der Waals surface area contributed by atoms with Crippen molar-refractivity contribution < 1.29 is 9.53 Å². The van der Waals surface area contributed by atoms with Crippen LogP contribution in [0.25, 0.3) is 0 Å². The summed E-state index contributed by atoms with van der Waals surface area (Å²) in [5.74, 6) is 0. The second-order valence-corrected chi connectivity index (χ2v) is 2.57. The van der Waals surface area contributed by atoms with Crippen molar-refractivity contribution in [3.63, 3.8) is 0 Å². The fourth-order valence-electron chi connectivity index (χ4n) is 1.15. The minimum absolute atomic E-state index is 0.0868. The fourth-order valence-corrected chi connectivity index (χ4v) is 1.15. The van der Waals surface area contributed by atoms with Gasteiger partial charge in [-0.15, -0.1) is 0 Å². The fraction of sp³-hybridized carbons (Fsp3) is 0.857. The Bertz CT molecular complexity index is 130. The van der Waals surface area contributed by atoms with Gasteiger partial charge < -0.3 is 9.53 Å². The number of hydrogen-bond acceptors (Lipinski definition) is 4. The lowest BCUT2D eigenvalue weighted by Gasteiger charge is -2.31. The molecule has 1 rings (SSSR count). The van der Waals surface area contributed by atoms with Crippen LogP contribution in [0.4, 0.5) is 0 Å². The van der Waals surface area contributed by atoms with E-state index < -0.39 is 0 Å². The maximum Gasteiger partial charge on any atom is 0.133 e. The second-order valence-electron chi connectivity index (χ2n) is 2.57. The van der Waals surface area contributed by atoms with Gasteiger partial charge in [-0.05, 0) is 7.05 Å². The van der Waals surface area contributed by atoms with E-state index in [0.717, 1.165) is 19.4 Å². The molecule has 1 N–H and O–H groups in total. The zero-order chi connectivity index (χ0) is 8.10. The first-order valence-electron chi connectivity index (χ1n) is 3.81. The van der Waals surface area contributed by atoms with E-state index in [4.69, 9.17) is 4.74 Å². The van der Waals surface area contributed by atoms with Gasteiger partial charge in [0.15, 0.2) is 0 Å². The molecule has 1 saturated heterocycles. The molecule has 0 aromatic heterocycles. The van der Waals surface area contributed by atoms with Crippen LogP contribution < -0.4 is 5.32 Å². The third kappa shape index (κ3) is 2.57. The van der Waals surface area contributed by atoms with Crippen molar-refractivity contribution in [3.05, 3.63) is 0 Å². The molecular weight excluding hydrogens is 144 g/mol. The summed E-state index contributed by atoms with van der Waals surface area (Å²) in [6, 6.07) is 0. The predicted octanol–water partition coefficient (Wildman–Crippen LogP) is -0.937. The molecular formula is C7H14N2O2. The Labute approximate surface area is 66.5 Å². The first kappa shape index (κ1) is 8.64. The largest absolute Gasteiger partial charge is 0.361 e. The molecule has 1 unspecified atom stereocenters. The quantitative estimate of drug-likeness (QED) is 0.538. The van der Waals surface area contributed by atoms with Gasteiger partial charge in [-0.25, -0.2) is 0 Å². The molecule has 1 aliphatic rings. The summed E-state index contributed by atoms with van der Waals surface area (Å²) in [6.07, 6.45) is 1.02. The molecule has 1 heterocycles. The van der Waals surface area contributed by atoms with E-state index in [2.05, 4.69) is 10.2 Å². The monoisotopic (exact) mass is 158 g/mol. The van der Waals surface area contributed by atoms with Crippen molar-refractivity contribution in [3.8, 4) is 0 Å². The van der Waals surface area contributed by atoms with Crippen LogP contribution in [0.15, 0.2) is 0 Å². The van der Waals surface area contributed by atoms with Crippen LogP contribution in [0.5, 0.6) is 0 Å². The molecule has 0 amide bonds. The summed E-state index contributed by atoms with van der Waals surface area (Å²) in [4.78, 5) is 12.2. The maximum absolute atomic E-state index is 10.2. The minimum Gasteiger partial charge on any atom is -0.361 e. The number of nitrogens with zero attached hydrogens (tertiary/aromatic N) is 1. The first-order chi connectivity index (χ1) is 5.36. The molecule has 1 fully saturated rings. The molecule has 0 aromatic rings. The van der Waals surface area contributed by atoms with Gasteiger partial charge in [0.25, 0.3) is 0 Å². The zero-order valence-corrected chi connectivity index (χ0v) is 6.75. The number of rotatable bonds is 3. The number of ether oxygens (including phenoxy) is 1. The summed E-state index contributed by atoms with van der Waals surface area (Å²) in [6.45, 7) is 2.88. The zero-order valence-electron chi connectivity index (χ0n) is 6.75. The topological polar surface area (TPSA) is 41.6 Å². The maximum atomic E-state index is 10.2. The summed E-state index contributed by atoms with van der Waals surface area (Å²) >= 11 is 0. The van der Waals surface area contributed by atoms with Crippen LogP contribution in [-0.4, -0.2) is 50.7 Å². The number of carbonyl (C=O) groups excluding carboxylic acids is 1. The van der Waals surface area contributed by atoms with Gasteiger partial charge in [0.1, 0.15) is 12.5 Å². The van der Waals surface area contributed by atoms with Crippen LogP contribution in [0.3, 0.4) is 0 Å². The molecule has 4 heteroatoms. The van der Waals surface area contributed by atoms with E-state index in [9.17, 15) is 4.79 Å². The van der Waals surface area contributed by atoms with E-state index >= 15 is 0 Å². The lowest BCUT2D eigenvalue weighted by Crippen LogP contribution is -2.48. The van der Waals surface area contributed by atoms with Crippen molar-refractivity contribution in [2.24, 2.45) is 0 Å². The lowest BCUT2D eigenvalue weighted by molar-refractivity contribution is -0.111. The van der Waals surface area contributed by atoms with E-state index in [1.807, 2.05) is 7.05 Å². The third-order valence-corrected chi connectivity index (χ3v) is 1.81. The molecule has 0 saturated carbocycles. The summed E-state index contributed by atoms with van der Waals surface area (Å²) < 4.78 is 5.33. The second kappa shape index (κ2) is 4.43. The van der Waals surface area contributed by atoms with Crippen molar-refractivity contribution >= 4 is 6.29 Å². The Morgan fingerprint density at radius 1 is 1.82 bits per heavy atom. The number of hydrogen-bond donors (Lipinski definition) is 1. The molecule has 1 aliphatic heterocycles. The van der Waals surface area contributed by atoms with E-state index in [1.54, 1.807) is 0 Å². The highest BCUT2D eigenvalue weighted by Crippen LogP contribution is 2.00. The van der Waals surface area contributed by atoms with Crippen molar-refractivity contribution in [1.82, 2.24) is 10.2 Å². The Hall–Kier alpha value is -0.450. The van der Waals surface area contributed by atoms with Gasteiger partial charge in [-0.3, -0.25) is 10.2 Å². The summed E-state index contributed by atoms with van der Waals surface area (Å²) in [5.41, 5.74) is 0. The van der Waals surface area contributed by atoms with E-state index in [1.165, 1.54) is 0 Å². The molecule has 0 radical (unpaired) electrons. The third-order valence-electron chi connectivity index (χ3n) is 1.81. The van der Waals surface area contributed by atoms with Gasteiger partial charge in [0.05, 0.1) is 13.2 Å². The summed E-state index contributed by atoms with van der Waals surface area (Å²) in [5, 5.41) is 3.01. The standard InChI is InChI=1S/C7H14N2O2/c1-8-7-6-9(2-4-10)3-5-11-7/h4,7-8H,2-3,5-6H2,1H3. The SMILES string of the molecule is CNC1CN(CC=O)CCO1. The molecule has 4 nitrogen and oxygen atoms in total. The molecule has 0 spiro atoms. The normalized spacial score (nSPS) is 26.8. The van der Waals surface area contributed by atoms with Crippen LogP contribution in [0, 0.1) is 0 Å². The van der Waals surface area contributed by atoms with Gasteiger partial charge in [-0.1, -0.05) is 0 Å². The van der Waals surface area contributed by atoms with Crippen LogP contribution >= 0.6 is 0 Å².